The number of halogens is 6. The predicted molar refractivity (Wildman–Crippen MR) is 106 cm³/mol. The molecule has 0 spiro atoms. The van der Waals surface area contributed by atoms with Crippen molar-refractivity contribution in [1.29, 1.82) is 0 Å². The van der Waals surface area contributed by atoms with Crippen molar-refractivity contribution in [3.05, 3.63) is 47.2 Å². The molecular weight excluding hydrogens is 490 g/mol. The Balaban J connectivity index is 2.06. The number of aliphatic carboxylic acids is 1. The fourth-order valence-electron chi connectivity index (χ4n) is 3.48. The van der Waals surface area contributed by atoms with Crippen molar-refractivity contribution in [2.45, 2.75) is 18.4 Å². The highest BCUT2D eigenvalue weighted by atomic mass is 19.4. The molecule has 0 saturated carbocycles. The van der Waals surface area contributed by atoms with Crippen LogP contribution >= 0.6 is 0 Å². The average Bonchev–Trinajstić information content (AvgIpc) is 2.77. The zero-order chi connectivity index (χ0) is 26.3. The second-order valence-corrected chi connectivity index (χ2v) is 7.53. The number of benzene rings is 1. The Hall–Kier alpha value is -4.04. The highest BCUT2D eigenvalue weighted by Gasteiger charge is 2.39. The van der Waals surface area contributed by atoms with Crippen LogP contribution in [-0.4, -0.2) is 68.6 Å². The first kappa shape index (κ1) is 25.6. The largest absolute Gasteiger partial charge is 0.480 e. The number of rotatable bonds is 3. The summed E-state index contributed by atoms with van der Waals surface area (Å²) in [6.45, 7) is -1.14. The minimum atomic E-state index is -5.11. The van der Waals surface area contributed by atoms with Crippen molar-refractivity contribution in [2.24, 2.45) is 0 Å². The van der Waals surface area contributed by atoms with Gasteiger partial charge in [0.05, 0.1) is 40.8 Å². The van der Waals surface area contributed by atoms with Crippen LogP contribution < -0.4 is 5.73 Å². The number of carbonyl (C=O) groups excluding carboxylic acids is 1. The second-order valence-electron chi connectivity index (χ2n) is 7.53. The third kappa shape index (κ3) is 5.38. The van der Waals surface area contributed by atoms with Crippen LogP contribution in [0, 0.1) is 0 Å². The third-order valence-corrected chi connectivity index (χ3v) is 5.25. The summed E-state index contributed by atoms with van der Waals surface area (Å²) in [4.78, 5) is 41.2. The van der Waals surface area contributed by atoms with E-state index in [1.54, 1.807) is 0 Å². The number of hydrogen-bond donors (Lipinski definition) is 3. The van der Waals surface area contributed by atoms with E-state index in [4.69, 9.17) is 10.8 Å². The van der Waals surface area contributed by atoms with Crippen LogP contribution in [0.15, 0.2) is 30.5 Å². The van der Waals surface area contributed by atoms with Gasteiger partial charge in [0.15, 0.2) is 0 Å². The van der Waals surface area contributed by atoms with E-state index in [1.807, 2.05) is 0 Å². The number of alkyl halides is 6. The number of nitrogens with zero attached hydrogens (tertiary/aromatic N) is 3. The summed E-state index contributed by atoms with van der Waals surface area (Å²) < 4.78 is 79.2. The van der Waals surface area contributed by atoms with E-state index < -0.39 is 70.9 Å². The number of carboxylic acids is 1. The summed E-state index contributed by atoms with van der Waals surface area (Å²) in [5.74, 6) is -2.53. The van der Waals surface area contributed by atoms with Crippen LogP contribution in [0.2, 0.25) is 0 Å². The van der Waals surface area contributed by atoms with Gasteiger partial charge in [0, 0.05) is 18.7 Å². The summed E-state index contributed by atoms with van der Waals surface area (Å²) >= 11 is 0. The van der Waals surface area contributed by atoms with Crippen molar-refractivity contribution >= 4 is 23.7 Å². The summed E-state index contributed by atoms with van der Waals surface area (Å²) in [7, 11) is 0. The Morgan fingerprint density at radius 2 is 1.51 bits per heavy atom. The molecule has 1 aromatic carbocycles. The van der Waals surface area contributed by atoms with Crippen LogP contribution in [0.3, 0.4) is 0 Å². The minimum Gasteiger partial charge on any atom is -0.480 e. The van der Waals surface area contributed by atoms with Gasteiger partial charge in [-0.25, -0.2) is 9.59 Å². The molecule has 3 rings (SSSR count). The second kappa shape index (κ2) is 8.96. The van der Waals surface area contributed by atoms with E-state index in [1.165, 1.54) is 0 Å². The van der Waals surface area contributed by atoms with Gasteiger partial charge >= 0.3 is 24.4 Å². The Bertz CT molecular complexity index is 1150. The van der Waals surface area contributed by atoms with E-state index in [2.05, 4.69) is 4.98 Å². The lowest BCUT2D eigenvalue weighted by atomic mass is 10.0. The van der Waals surface area contributed by atoms with Gasteiger partial charge < -0.3 is 25.7 Å². The molecule has 15 heteroatoms. The predicted octanol–water partition coefficient (Wildman–Crippen LogP) is 3.26. The van der Waals surface area contributed by atoms with Crippen molar-refractivity contribution in [2.75, 3.05) is 25.4 Å². The number of carboxylic acid groups (broad SMARTS) is 2. The van der Waals surface area contributed by atoms with Gasteiger partial charge in [0.2, 0.25) is 0 Å². The quantitative estimate of drug-likeness (QED) is 0.544. The van der Waals surface area contributed by atoms with E-state index in [0.29, 0.717) is 12.1 Å². The summed E-state index contributed by atoms with van der Waals surface area (Å²) in [6, 6.07) is 0.0393. The molecule has 35 heavy (non-hydrogen) atoms. The maximum absolute atomic E-state index is 13.2. The topological polar surface area (TPSA) is 137 Å². The maximum atomic E-state index is 13.2. The molecule has 1 aromatic heterocycles. The van der Waals surface area contributed by atoms with Gasteiger partial charge in [-0.05, 0) is 24.3 Å². The fraction of sp³-hybridized carbons (Fsp3) is 0.300. The average molecular weight is 506 g/mol. The van der Waals surface area contributed by atoms with Gasteiger partial charge in [-0.3, -0.25) is 9.78 Å². The molecule has 1 aliphatic heterocycles. The van der Waals surface area contributed by atoms with E-state index >= 15 is 0 Å². The number of amides is 2. The Morgan fingerprint density at radius 1 is 0.943 bits per heavy atom. The van der Waals surface area contributed by atoms with Crippen LogP contribution in [0.25, 0.3) is 11.3 Å². The number of nitrogen functional groups attached to an aromatic ring is 1. The summed E-state index contributed by atoms with van der Waals surface area (Å²) in [5.41, 5.74) is 0.775. The number of hydrogen-bond acceptors (Lipinski definition) is 5. The zero-order valence-corrected chi connectivity index (χ0v) is 17.4. The first-order valence-electron chi connectivity index (χ1n) is 9.66. The third-order valence-electron chi connectivity index (χ3n) is 5.25. The monoisotopic (exact) mass is 506 g/mol. The molecule has 1 atom stereocenters. The normalized spacial score (nSPS) is 16.8. The van der Waals surface area contributed by atoms with Crippen LogP contribution in [0.1, 0.15) is 21.5 Å². The number of pyridine rings is 1. The van der Waals surface area contributed by atoms with Crippen molar-refractivity contribution in [1.82, 2.24) is 14.8 Å². The Kier molecular flexibility index (Phi) is 6.55. The van der Waals surface area contributed by atoms with E-state index in [9.17, 15) is 45.8 Å². The zero-order valence-electron chi connectivity index (χ0n) is 17.4. The van der Waals surface area contributed by atoms with Crippen LogP contribution in [0.4, 0.5) is 36.8 Å². The SMILES string of the molecule is Nc1cnc(-c2cc(C(F)(F)F)cc(C(F)(F)F)c2)cc1C(=O)N1CCN(C(=O)O)C[C@H]1C(=O)O. The van der Waals surface area contributed by atoms with Crippen LogP contribution in [0.5, 0.6) is 0 Å². The van der Waals surface area contributed by atoms with Gasteiger partial charge in [0.25, 0.3) is 5.91 Å². The molecule has 2 heterocycles. The van der Waals surface area contributed by atoms with Gasteiger partial charge in [0.1, 0.15) is 6.04 Å². The lowest BCUT2D eigenvalue weighted by Crippen LogP contribution is -2.59. The van der Waals surface area contributed by atoms with Gasteiger partial charge in [-0.1, -0.05) is 0 Å². The highest BCUT2D eigenvalue weighted by Crippen LogP contribution is 2.38. The molecular formula is C20H16F6N4O5. The number of piperazine rings is 1. The molecule has 0 unspecified atom stereocenters. The lowest BCUT2D eigenvalue weighted by molar-refractivity contribution is -0.144. The minimum absolute atomic E-state index is 0.0632. The molecule has 2 aromatic rings. The first-order chi connectivity index (χ1) is 16.1. The lowest BCUT2D eigenvalue weighted by Gasteiger charge is -2.38. The van der Waals surface area contributed by atoms with Gasteiger partial charge in [-0.2, -0.15) is 26.3 Å². The van der Waals surface area contributed by atoms with Crippen molar-refractivity contribution in [3.8, 4) is 11.3 Å². The van der Waals surface area contributed by atoms with Crippen molar-refractivity contribution < 1.29 is 50.9 Å². The Morgan fingerprint density at radius 3 is 2.00 bits per heavy atom. The highest BCUT2D eigenvalue weighted by molar-refractivity contribution is 6.01. The fourth-order valence-corrected chi connectivity index (χ4v) is 3.48. The molecule has 0 bridgehead atoms. The molecule has 9 nitrogen and oxygen atoms in total. The molecule has 188 valence electrons. The van der Waals surface area contributed by atoms with Crippen LogP contribution in [-0.2, 0) is 17.1 Å². The molecule has 1 fully saturated rings. The Labute approximate surface area is 192 Å². The molecule has 1 aliphatic rings. The molecule has 2 amide bonds. The maximum Gasteiger partial charge on any atom is 0.416 e. The number of nitrogens with two attached hydrogens (primary N) is 1. The summed E-state index contributed by atoms with van der Waals surface area (Å²) in [6.07, 6.45) is -10.8. The molecule has 0 radical (unpaired) electrons. The summed E-state index contributed by atoms with van der Waals surface area (Å²) in [5, 5.41) is 18.5. The van der Waals surface area contributed by atoms with E-state index in [-0.39, 0.29) is 24.8 Å². The smallest absolute Gasteiger partial charge is 0.416 e. The standard InChI is InChI=1S/C20H16F6N4O5/c21-19(22,23)10-3-9(4-11(5-10)20(24,25)26)14-6-12(13(27)7-28-14)16(31)30-2-1-29(18(34)35)8-15(30)17(32)33/h3-7,15H,1-2,8,27H2,(H,32,33)(H,34,35)/t15-/m0/s1. The number of aromatic nitrogens is 1. The molecule has 4 N–H and O–H groups in total. The van der Waals surface area contributed by atoms with Gasteiger partial charge in [-0.15, -0.1) is 0 Å². The number of anilines is 1. The van der Waals surface area contributed by atoms with E-state index in [0.717, 1.165) is 22.1 Å². The first-order valence-corrected chi connectivity index (χ1v) is 9.66. The molecule has 0 aliphatic carbocycles. The molecule has 1 saturated heterocycles. The number of carbonyl (C=O) groups is 3. The van der Waals surface area contributed by atoms with Crippen molar-refractivity contribution in [3.63, 3.8) is 0 Å².